The molecule has 5 aliphatic rings. The molecular formula is C25H42N2O. The molecule has 5 aliphatic carbocycles. The number of hydrogen-bond donors (Lipinski definition) is 3. The second-order valence-electron chi connectivity index (χ2n) is 11.8. The number of likely N-dealkylation sites (N-methyl/N-ethyl adjacent to an activating group) is 1. The van der Waals surface area contributed by atoms with Crippen LogP contribution in [0.15, 0.2) is 12.2 Å². The highest BCUT2D eigenvalue weighted by atomic mass is 16.3. The van der Waals surface area contributed by atoms with E-state index in [0.29, 0.717) is 28.8 Å². The fourth-order valence-electron chi connectivity index (χ4n) is 10.1. The normalized spacial score (nSPS) is 58.4. The summed E-state index contributed by atoms with van der Waals surface area (Å²) < 4.78 is 0. The Morgan fingerprint density at radius 2 is 1.79 bits per heavy atom. The van der Waals surface area contributed by atoms with Crippen LogP contribution < -0.4 is 10.6 Å². The quantitative estimate of drug-likeness (QED) is 0.639. The molecule has 0 aromatic carbocycles. The van der Waals surface area contributed by atoms with E-state index in [9.17, 15) is 5.11 Å². The fraction of sp³-hybridized carbons (Fsp3) is 0.920. The highest BCUT2D eigenvalue weighted by Crippen LogP contribution is 2.87. The summed E-state index contributed by atoms with van der Waals surface area (Å²) in [6.07, 6.45) is 10.3. The van der Waals surface area contributed by atoms with Crippen LogP contribution in [0.1, 0.15) is 72.1 Å². The molecule has 0 bridgehead atoms. The first-order valence-electron chi connectivity index (χ1n) is 11.9. The molecule has 5 saturated carbocycles. The van der Waals surface area contributed by atoms with Gasteiger partial charge < -0.3 is 15.7 Å². The van der Waals surface area contributed by atoms with E-state index in [1.54, 1.807) is 0 Å². The van der Waals surface area contributed by atoms with Gasteiger partial charge in [-0.15, -0.1) is 0 Å². The van der Waals surface area contributed by atoms with Crippen molar-refractivity contribution in [2.75, 3.05) is 14.1 Å². The van der Waals surface area contributed by atoms with Crippen LogP contribution in [-0.2, 0) is 0 Å². The van der Waals surface area contributed by atoms with E-state index in [-0.39, 0.29) is 16.9 Å². The molecule has 0 unspecified atom stereocenters. The zero-order valence-corrected chi connectivity index (χ0v) is 18.8. The number of aliphatic hydroxyl groups is 1. The molecule has 5 fully saturated rings. The Hall–Kier alpha value is -0.380. The van der Waals surface area contributed by atoms with E-state index in [2.05, 4.69) is 52.1 Å². The SMILES string of the molecule is C=C1[C@@H](NC)CC[C@]23C[C@]24CC[C@]2(C)[C@@H]([C@H](C)NC)[C@H](O)C[C@@]2(C)[C@@H]4CC[C@@H]13. The van der Waals surface area contributed by atoms with E-state index in [1.165, 1.54) is 50.5 Å². The van der Waals surface area contributed by atoms with Gasteiger partial charge in [0, 0.05) is 18.0 Å². The topological polar surface area (TPSA) is 44.3 Å². The van der Waals surface area contributed by atoms with Crippen molar-refractivity contribution >= 4 is 0 Å². The molecule has 3 nitrogen and oxygen atoms in total. The second-order valence-corrected chi connectivity index (χ2v) is 11.8. The van der Waals surface area contributed by atoms with Crippen LogP contribution in [0.25, 0.3) is 0 Å². The van der Waals surface area contributed by atoms with Gasteiger partial charge in [0.1, 0.15) is 0 Å². The molecule has 5 rings (SSSR count). The van der Waals surface area contributed by atoms with Crippen molar-refractivity contribution in [3.8, 4) is 0 Å². The van der Waals surface area contributed by atoms with Crippen molar-refractivity contribution < 1.29 is 5.11 Å². The van der Waals surface area contributed by atoms with E-state index in [4.69, 9.17) is 0 Å². The van der Waals surface area contributed by atoms with Crippen molar-refractivity contribution in [3.05, 3.63) is 12.2 Å². The lowest BCUT2D eigenvalue weighted by Gasteiger charge is -2.61. The number of nitrogens with one attached hydrogen (secondary N) is 2. The van der Waals surface area contributed by atoms with Gasteiger partial charge in [0.25, 0.3) is 0 Å². The highest BCUT2D eigenvalue weighted by Gasteiger charge is 2.81. The molecule has 0 radical (unpaired) electrons. The zero-order chi connectivity index (χ0) is 20.1. The molecule has 10 atom stereocenters. The van der Waals surface area contributed by atoms with Crippen molar-refractivity contribution in [2.24, 2.45) is 39.4 Å². The van der Waals surface area contributed by atoms with Gasteiger partial charge in [-0.3, -0.25) is 0 Å². The zero-order valence-electron chi connectivity index (χ0n) is 18.8. The van der Waals surface area contributed by atoms with Crippen LogP contribution in [0.4, 0.5) is 0 Å². The summed E-state index contributed by atoms with van der Waals surface area (Å²) in [4.78, 5) is 0. The lowest BCUT2D eigenvalue weighted by Crippen LogP contribution is -2.56. The van der Waals surface area contributed by atoms with Gasteiger partial charge in [-0.1, -0.05) is 26.0 Å². The maximum atomic E-state index is 11.2. The standard InChI is InChI=1S/C25H42N2O/c1-15-17-7-8-20-23(4)13-19(28)21(16(2)26-5)22(23,3)11-12-25(20)14-24(17,25)10-9-18(15)27-6/h16-21,26-28H,1,7-14H2,2-6H3/t16-,17-,18-,19+,20-,21-,22+,23-,24+,25-/m0/s1. The van der Waals surface area contributed by atoms with E-state index >= 15 is 0 Å². The van der Waals surface area contributed by atoms with E-state index in [0.717, 1.165) is 18.3 Å². The fourth-order valence-corrected chi connectivity index (χ4v) is 10.1. The minimum atomic E-state index is -0.157. The van der Waals surface area contributed by atoms with Crippen LogP contribution in [0.2, 0.25) is 0 Å². The summed E-state index contributed by atoms with van der Waals surface area (Å²) in [7, 11) is 4.17. The maximum Gasteiger partial charge on any atom is 0.0594 e. The molecule has 3 N–H and O–H groups in total. The van der Waals surface area contributed by atoms with E-state index < -0.39 is 0 Å². The third-order valence-electron chi connectivity index (χ3n) is 11.6. The summed E-state index contributed by atoms with van der Waals surface area (Å²) in [5, 5.41) is 18.2. The average molecular weight is 387 g/mol. The average Bonchev–Trinajstić information content (AvgIpc) is 3.27. The van der Waals surface area contributed by atoms with Gasteiger partial charge in [-0.25, -0.2) is 0 Å². The molecule has 0 aliphatic heterocycles. The van der Waals surface area contributed by atoms with Crippen LogP contribution >= 0.6 is 0 Å². The van der Waals surface area contributed by atoms with Gasteiger partial charge in [0.15, 0.2) is 0 Å². The predicted molar refractivity (Wildman–Crippen MR) is 115 cm³/mol. The van der Waals surface area contributed by atoms with E-state index in [1.807, 2.05) is 0 Å². The van der Waals surface area contributed by atoms with Gasteiger partial charge >= 0.3 is 0 Å². The number of hydrogen-bond acceptors (Lipinski definition) is 3. The summed E-state index contributed by atoms with van der Waals surface area (Å²) in [5.74, 6) is 1.90. The predicted octanol–water partition coefficient (Wildman–Crippen LogP) is 4.12. The van der Waals surface area contributed by atoms with Gasteiger partial charge in [-0.2, -0.15) is 0 Å². The Morgan fingerprint density at radius 3 is 2.46 bits per heavy atom. The van der Waals surface area contributed by atoms with Crippen LogP contribution in [0.3, 0.4) is 0 Å². The smallest absolute Gasteiger partial charge is 0.0594 e. The Labute approximate surface area is 172 Å². The Bertz CT molecular complexity index is 692. The third kappa shape index (κ3) is 1.98. The molecule has 28 heavy (non-hydrogen) atoms. The van der Waals surface area contributed by atoms with Crippen molar-refractivity contribution in [1.82, 2.24) is 10.6 Å². The molecule has 0 aromatic heterocycles. The van der Waals surface area contributed by atoms with Crippen LogP contribution in [0, 0.1) is 39.4 Å². The number of aliphatic hydroxyl groups excluding tert-OH is 1. The molecule has 3 heteroatoms. The minimum absolute atomic E-state index is 0.157. The molecule has 0 amide bonds. The first-order valence-corrected chi connectivity index (χ1v) is 11.9. The van der Waals surface area contributed by atoms with Gasteiger partial charge in [0.05, 0.1) is 6.10 Å². The molecular weight excluding hydrogens is 344 g/mol. The van der Waals surface area contributed by atoms with Gasteiger partial charge in [0.2, 0.25) is 0 Å². The Kier molecular flexibility index (Phi) is 4.09. The van der Waals surface area contributed by atoms with Crippen molar-refractivity contribution in [3.63, 3.8) is 0 Å². The van der Waals surface area contributed by atoms with Gasteiger partial charge in [-0.05, 0) is 106 Å². The first-order chi connectivity index (χ1) is 13.2. The molecule has 0 heterocycles. The summed E-state index contributed by atoms with van der Waals surface area (Å²) >= 11 is 0. The highest BCUT2D eigenvalue weighted by molar-refractivity contribution is 5.35. The lowest BCUT2D eigenvalue weighted by atomic mass is 9.43. The first kappa shape index (κ1) is 19.6. The maximum absolute atomic E-state index is 11.2. The number of fused-ring (bicyclic) bond motifs is 2. The van der Waals surface area contributed by atoms with Crippen molar-refractivity contribution in [1.29, 1.82) is 0 Å². The second kappa shape index (κ2) is 5.86. The summed E-state index contributed by atoms with van der Waals surface area (Å²) in [5.41, 5.74) is 3.12. The lowest BCUT2D eigenvalue weighted by molar-refractivity contribution is -0.120. The molecule has 0 saturated heterocycles. The van der Waals surface area contributed by atoms with Crippen LogP contribution in [0.5, 0.6) is 0 Å². The third-order valence-corrected chi connectivity index (χ3v) is 11.6. The molecule has 0 aromatic rings. The Balaban J connectivity index is 1.51. The largest absolute Gasteiger partial charge is 0.393 e. The van der Waals surface area contributed by atoms with Crippen LogP contribution in [-0.4, -0.2) is 37.4 Å². The Morgan fingerprint density at radius 1 is 1.04 bits per heavy atom. The molecule has 158 valence electrons. The summed E-state index contributed by atoms with van der Waals surface area (Å²) in [6.45, 7) is 12.0. The molecule has 2 spiro atoms. The summed E-state index contributed by atoms with van der Waals surface area (Å²) in [6, 6.07) is 0.912. The van der Waals surface area contributed by atoms with Crippen molar-refractivity contribution in [2.45, 2.75) is 90.3 Å². The number of rotatable bonds is 3. The minimum Gasteiger partial charge on any atom is -0.393 e. The monoisotopic (exact) mass is 386 g/mol.